The average Bonchev–Trinajstić information content (AvgIpc) is 2.67. The Bertz CT molecular complexity index is 316. The summed E-state index contributed by atoms with van der Waals surface area (Å²) in [5, 5.41) is 4.46. The number of aryl methyl sites for hydroxylation is 1. The second-order valence-corrected chi connectivity index (χ2v) is 5.94. The van der Waals surface area contributed by atoms with Gasteiger partial charge in [-0.1, -0.05) is 0 Å². The molecule has 0 bridgehead atoms. The van der Waals surface area contributed by atoms with Crippen LogP contribution in [0.2, 0.25) is 0 Å². The van der Waals surface area contributed by atoms with Crippen LogP contribution in [0.5, 0.6) is 0 Å². The molecule has 1 aliphatic heterocycles. The highest BCUT2D eigenvalue weighted by molar-refractivity contribution is 7.11. The maximum absolute atomic E-state index is 4.31. The molecule has 2 rings (SSSR count). The van der Waals surface area contributed by atoms with Crippen LogP contribution in [0, 0.1) is 12.8 Å². The largest absolute Gasteiger partial charge is 0.319 e. The molecule has 1 aliphatic rings. The summed E-state index contributed by atoms with van der Waals surface area (Å²) in [6, 6.07) is 0. The number of nitrogens with one attached hydrogen (secondary N) is 1. The quantitative estimate of drug-likeness (QED) is 0.869. The van der Waals surface area contributed by atoms with E-state index in [1.807, 2.05) is 24.6 Å². The Morgan fingerprint density at radius 2 is 2.25 bits per heavy atom. The van der Waals surface area contributed by atoms with Gasteiger partial charge in [0.2, 0.25) is 0 Å². The molecule has 4 heteroatoms. The third-order valence-corrected chi connectivity index (χ3v) is 4.15. The minimum atomic E-state index is 0.879. The number of hydrogen-bond acceptors (Lipinski definition) is 4. The van der Waals surface area contributed by atoms with E-state index >= 15 is 0 Å². The van der Waals surface area contributed by atoms with E-state index in [0.29, 0.717) is 0 Å². The van der Waals surface area contributed by atoms with E-state index in [9.17, 15) is 0 Å². The molecule has 0 unspecified atom stereocenters. The Kier molecular flexibility index (Phi) is 4.32. The zero-order chi connectivity index (χ0) is 11.4. The van der Waals surface area contributed by atoms with Crippen molar-refractivity contribution < 1.29 is 0 Å². The first-order chi connectivity index (χ1) is 7.78. The van der Waals surface area contributed by atoms with E-state index in [1.54, 1.807) is 0 Å². The van der Waals surface area contributed by atoms with E-state index < -0.39 is 0 Å². The summed E-state index contributed by atoms with van der Waals surface area (Å²) in [7, 11) is 2.05. The normalized spacial score (nSPS) is 19.1. The Labute approximate surface area is 102 Å². The molecule has 0 aliphatic carbocycles. The first kappa shape index (κ1) is 12.0. The van der Waals surface area contributed by atoms with Gasteiger partial charge in [-0.2, -0.15) is 0 Å². The smallest absolute Gasteiger partial charge is 0.0897 e. The van der Waals surface area contributed by atoms with Crippen LogP contribution in [0.4, 0.5) is 0 Å². The van der Waals surface area contributed by atoms with Crippen molar-refractivity contribution in [3.8, 4) is 0 Å². The minimum absolute atomic E-state index is 0.879. The maximum atomic E-state index is 4.31. The summed E-state index contributed by atoms with van der Waals surface area (Å²) < 4.78 is 0. The summed E-state index contributed by atoms with van der Waals surface area (Å²) in [6.07, 6.45) is 4.69. The SMILES string of the molecule is CNCC1CCN(Cc2cnc(C)s2)CC1. The molecule has 1 N–H and O–H groups in total. The van der Waals surface area contributed by atoms with E-state index in [-0.39, 0.29) is 0 Å². The molecule has 2 heterocycles. The molecular weight excluding hydrogens is 218 g/mol. The van der Waals surface area contributed by atoms with Gasteiger partial charge in [-0.25, -0.2) is 4.98 Å². The molecule has 0 aromatic carbocycles. The molecule has 0 spiro atoms. The van der Waals surface area contributed by atoms with Crippen molar-refractivity contribution in [2.75, 3.05) is 26.7 Å². The van der Waals surface area contributed by atoms with Gasteiger partial charge in [0, 0.05) is 17.6 Å². The van der Waals surface area contributed by atoms with Crippen LogP contribution >= 0.6 is 11.3 Å². The third-order valence-electron chi connectivity index (χ3n) is 3.25. The van der Waals surface area contributed by atoms with Crippen LogP contribution in [-0.2, 0) is 6.54 Å². The van der Waals surface area contributed by atoms with Crippen molar-refractivity contribution in [3.63, 3.8) is 0 Å². The summed E-state index contributed by atoms with van der Waals surface area (Å²) in [5.74, 6) is 0.879. The van der Waals surface area contributed by atoms with Crippen LogP contribution in [-0.4, -0.2) is 36.6 Å². The van der Waals surface area contributed by atoms with Crippen molar-refractivity contribution >= 4 is 11.3 Å². The monoisotopic (exact) mass is 239 g/mol. The standard InChI is InChI=1S/C12H21N3S/c1-10-14-8-12(16-10)9-15-5-3-11(4-6-15)7-13-2/h8,11,13H,3-7,9H2,1-2H3. The van der Waals surface area contributed by atoms with Gasteiger partial charge in [0.1, 0.15) is 0 Å². The molecule has 0 amide bonds. The zero-order valence-corrected chi connectivity index (χ0v) is 11.0. The predicted octanol–water partition coefficient (Wildman–Crippen LogP) is 1.88. The van der Waals surface area contributed by atoms with Gasteiger partial charge in [0.25, 0.3) is 0 Å². The summed E-state index contributed by atoms with van der Waals surface area (Å²) >= 11 is 1.83. The molecule has 16 heavy (non-hydrogen) atoms. The molecule has 1 aromatic rings. The molecule has 1 fully saturated rings. The zero-order valence-electron chi connectivity index (χ0n) is 10.2. The van der Waals surface area contributed by atoms with Crippen LogP contribution in [0.3, 0.4) is 0 Å². The van der Waals surface area contributed by atoms with E-state index in [4.69, 9.17) is 0 Å². The Hall–Kier alpha value is -0.450. The van der Waals surface area contributed by atoms with Gasteiger partial charge >= 0.3 is 0 Å². The highest BCUT2D eigenvalue weighted by Gasteiger charge is 2.18. The van der Waals surface area contributed by atoms with Gasteiger partial charge in [-0.05, 0) is 52.4 Å². The fourth-order valence-electron chi connectivity index (χ4n) is 2.34. The lowest BCUT2D eigenvalue weighted by Crippen LogP contribution is -2.36. The Morgan fingerprint density at radius 1 is 1.50 bits per heavy atom. The molecule has 90 valence electrons. The lowest BCUT2D eigenvalue weighted by molar-refractivity contribution is 0.178. The number of rotatable bonds is 4. The second kappa shape index (κ2) is 5.75. The van der Waals surface area contributed by atoms with Crippen molar-refractivity contribution in [1.82, 2.24) is 15.2 Å². The topological polar surface area (TPSA) is 28.2 Å². The summed E-state index contributed by atoms with van der Waals surface area (Å²) in [4.78, 5) is 8.27. The van der Waals surface area contributed by atoms with Gasteiger partial charge in [0.05, 0.1) is 5.01 Å². The molecule has 0 atom stereocenters. The van der Waals surface area contributed by atoms with Gasteiger partial charge in [0.15, 0.2) is 0 Å². The number of nitrogens with zero attached hydrogens (tertiary/aromatic N) is 2. The molecule has 3 nitrogen and oxygen atoms in total. The van der Waals surface area contributed by atoms with Crippen molar-refractivity contribution in [2.24, 2.45) is 5.92 Å². The van der Waals surface area contributed by atoms with Crippen molar-refractivity contribution in [2.45, 2.75) is 26.3 Å². The highest BCUT2D eigenvalue weighted by atomic mass is 32.1. The van der Waals surface area contributed by atoms with Crippen LogP contribution in [0.15, 0.2) is 6.20 Å². The number of piperidine rings is 1. The van der Waals surface area contributed by atoms with Crippen molar-refractivity contribution in [3.05, 3.63) is 16.1 Å². The first-order valence-corrected chi connectivity index (χ1v) is 6.88. The Balaban J connectivity index is 1.77. The minimum Gasteiger partial charge on any atom is -0.319 e. The molecular formula is C12H21N3S. The molecule has 0 saturated carbocycles. The summed E-state index contributed by atoms with van der Waals surface area (Å²) in [5.41, 5.74) is 0. The average molecular weight is 239 g/mol. The Morgan fingerprint density at radius 3 is 2.81 bits per heavy atom. The van der Waals surface area contributed by atoms with Crippen LogP contribution in [0.25, 0.3) is 0 Å². The lowest BCUT2D eigenvalue weighted by atomic mass is 9.97. The number of likely N-dealkylation sites (tertiary alicyclic amines) is 1. The molecule has 1 aromatic heterocycles. The lowest BCUT2D eigenvalue weighted by Gasteiger charge is -2.31. The second-order valence-electron chi connectivity index (χ2n) is 4.62. The van der Waals surface area contributed by atoms with Gasteiger partial charge < -0.3 is 5.32 Å². The van der Waals surface area contributed by atoms with E-state index in [0.717, 1.165) is 12.5 Å². The fraction of sp³-hybridized carbons (Fsp3) is 0.750. The van der Waals surface area contributed by atoms with Crippen molar-refractivity contribution in [1.29, 1.82) is 0 Å². The predicted molar refractivity (Wildman–Crippen MR) is 68.8 cm³/mol. The first-order valence-electron chi connectivity index (χ1n) is 6.06. The van der Waals surface area contributed by atoms with E-state index in [1.165, 1.54) is 42.4 Å². The maximum Gasteiger partial charge on any atom is 0.0897 e. The highest BCUT2D eigenvalue weighted by Crippen LogP contribution is 2.20. The number of thiazole rings is 1. The third kappa shape index (κ3) is 3.27. The summed E-state index contributed by atoms with van der Waals surface area (Å²) in [6.45, 7) is 6.82. The number of aromatic nitrogens is 1. The number of hydrogen-bond donors (Lipinski definition) is 1. The van der Waals surface area contributed by atoms with Gasteiger partial charge in [-0.3, -0.25) is 4.90 Å². The van der Waals surface area contributed by atoms with Crippen LogP contribution < -0.4 is 5.32 Å². The fourth-order valence-corrected chi connectivity index (χ4v) is 3.17. The molecule has 0 radical (unpaired) electrons. The van der Waals surface area contributed by atoms with E-state index in [2.05, 4.69) is 22.1 Å². The molecule has 1 saturated heterocycles. The van der Waals surface area contributed by atoms with Crippen LogP contribution in [0.1, 0.15) is 22.7 Å². The van der Waals surface area contributed by atoms with Gasteiger partial charge in [-0.15, -0.1) is 11.3 Å².